The van der Waals surface area contributed by atoms with Crippen molar-refractivity contribution in [3.8, 4) is 0 Å². The summed E-state index contributed by atoms with van der Waals surface area (Å²) in [5.74, 6) is -1.84. The van der Waals surface area contributed by atoms with Gasteiger partial charge in [-0.2, -0.15) is 0 Å². The summed E-state index contributed by atoms with van der Waals surface area (Å²) in [5, 5.41) is 3.31. The van der Waals surface area contributed by atoms with Crippen molar-refractivity contribution in [1.29, 1.82) is 0 Å². The minimum atomic E-state index is -4.34. The van der Waals surface area contributed by atoms with Crippen molar-refractivity contribution in [2.24, 2.45) is 0 Å². The predicted molar refractivity (Wildman–Crippen MR) is 151 cm³/mol. The van der Waals surface area contributed by atoms with Crippen molar-refractivity contribution in [2.45, 2.75) is 57.1 Å². The second kappa shape index (κ2) is 13.6. The molecule has 3 aromatic rings. The molecular formula is C29H33ClFN3O4S. The zero-order valence-electron chi connectivity index (χ0n) is 22.2. The minimum Gasteiger partial charge on any atom is -0.352 e. The Labute approximate surface area is 234 Å². The van der Waals surface area contributed by atoms with Gasteiger partial charge < -0.3 is 10.2 Å². The molecule has 0 aromatic heterocycles. The Kier molecular flexibility index (Phi) is 10.5. The lowest BCUT2D eigenvalue weighted by molar-refractivity contribution is -0.140. The summed E-state index contributed by atoms with van der Waals surface area (Å²) in [5.41, 5.74) is 0.315. The number of para-hydroxylation sites is 1. The van der Waals surface area contributed by atoms with E-state index in [1.54, 1.807) is 49.4 Å². The molecule has 0 fully saturated rings. The van der Waals surface area contributed by atoms with Crippen LogP contribution in [0.5, 0.6) is 0 Å². The monoisotopic (exact) mass is 573 g/mol. The van der Waals surface area contributed by atoms with Crippen molar-refractivity contribution >= 4 is 39.1 Å². The van der Waals surface area contributed by atoms with Gasteiger partial charge in [-0.1, -0.05) is 74.0 Å². The number of halogens is 2. The number of hydrogen-bond donors (Lipinski definition) is 1. The van der Waals surface area contributed by atoms with Crippen LogP contribution in [0.1, 0.15) is 39.2 Å². The summed E-state index contributed by atoms with van der Waals surface area (Å²) in [4.78, 5) is 28.4. The first kappa shape index (κ1) is 30.1. The van der Waals surface area contributed by atoms with Crippen LogP contribution in [-0.4, -0.2) is 43.8 Å². The number of amides is 2. The summed E-state index contributed by atoms with van der Waals surface area (Å²) >= 11 is 6.39. The molecule has 2 atom stereocenters. The maximum atomic E-state index is 15.0. The second-order valence-electron chi connectivity index (χ2n) is 9.13. The largest absolute Gasteiger partial charge is 0.352 e. The molecule has 0 aliphatic rings. The standard InChI is InChI=1S/C29H33ClFN3O4S/c1-4-21(3)32-29(36)26(5-2)33(19-22-13-9-10-16-24(22)30)28(35)20-34(27-18-12-11-17-25(27)31)39(37,38)23-14-7-6-8-15-23/h6-18,21,26H,4-5,19-20H2,1-3H3,(H,32,36)/t21-,26-/m0/s1. The molecule has 0 bridgehead atoms. The van der Waals surface area contributed by atoms with E-state index in [2.05, 4.69) is 5.32 Å². The van der Waals surface area contributed by atoms with Gasteiger partial charge in [0.2, 0.25) is 11.8 Å². The molecule has 3 aromatic carbocycles. The van der Waals surface area contributed by atoms with Crippen LogP contribution in [0.3, 0.4) is 0 Å². The Balaban J connectivity index is 2.07. The third kappa shape index (κ3) is 7.36. The van der Waals surface area contributed by atoms with Crippen molar-refractivity contribution in [3.63, 3.8) is 0 Å². The number of carbonyl (C=O) groups excluding carboxylic acids is 2. The van der Waals surface area contributed by atoms with E-state index in [1.165, 1.54) is 35.2 Å². The maximum Gasteiger partial charge on any atom is 0.264 e. The molecule has 0 unspecified atom stereocenters. The van der Waals surface area contributed by atoms with Gasteiger partial charge in [0.25, 0.3) is 10.0 Å². The molecule has 3 rings (SSSR count). The molecule has 0 heterocycles. The van der Waals surface area contributed by atoms with Crippen LogP contribution in [0, 0.1) is 5.82 Å². The number of carbonyl (C=O) groups is 2. The highest BCUT2D eigenvalue weighted by Gasteiger charge is 2.35. The first-order chi connectivity index (χ1) is 18.6. The van der Waals surface area contributed by atoms with Crippen LogP contribution >= 0.6 is 11.6 Å². The molecule has 208 valence electrons. The van der Waals surface area contributed by atoms with Gasteiger partial charge in [0.1, 0.15) is 18.4 Å². The molecule has 2 amide bonds. The number of nitrogens with zero attached hydrogens (tertiary/aromatic N) is 2. The molecule has 0 aliphatic carbocycles. The van der Waals surface area contributed by atoms with E-state index < -0.39 is 34.3 Å². The molecule has 0 spiro atoms. The van der Waals surface area contributed by atoms with Crippen LogP contribution < -0.4 is 9.62 Å². The van der Waals surface area contributed by atoms with Crippen LogP contribution in [0.2, 0.25) is 5.02 Å². The van der Waals surface area contributed by atoms with E-state index in [9.17, 15) is 22.4 Å². The topological polar surface area (TPSA) is 86.8 Å². The van der Waals surface area contributed by atoms with E-state index in [4.69, 9.17) is 11.6 Å². The van der Waals surface area contributed by atoms with Gasteiger partial charge >= 0.3 is 0 Å². The van der Waals surface area contributed by atoms with Gasteiger partial charge in [-0.3, -0.25) is 13.9 Å². The second-order valence-corrected chi connectivity index (χ2v) is 11.4. The van der Waals surface area contributed by atoms with Gasteiger partial charge in [-0.05, 0) is 55.7 Å². The number of anilines is 1. The van der Waals surface area contributed by atoms with Crippen molar-refractivity contribution < 1.29 is 22.4 Å². The molecule has 7 nitrogen and oxygen atoms in total. The van der Waals surface area contributed by atoms with Crippen molar-refractivity contribution in [3.05, 3.63) is 95.3 Å². The van der Waals surface area contributed by atoms with Crippen LogP contribution in [0.25, 0.3) is 0 Å². The van der Waals surface area contributed by atoms with E-state index in [1.807, 2.05) is 13.8 Å². The van der Waals surface area contributed by atoms with Crippen LogP contribution in [0.4, 0.5) is 10.1 Å². The van der Waals surface area contributed by atoms with E-state index in [0.29, 0.717) is 17.0 Å². The quantitative estimate of drug-likeness (QED) is 0.314. The van der Waals surface area contributed by atoms with Gasteiger partial charge in [0.15, 0.2) is 0 Å². The van der Waals surface area contributed by atoms with E-state index in [-0.39, 0.29) is 35.5 Å². The molecule has 1 N–H and O–H groups in total. The fourth-order valence-electron chi connectivity index (χ4n) is 4.06. The molecule has 39 heavy (non-hydrogen) atoms. The molecule has 0 saturated heterocycles. The highest BCUT2D eigenvalue weighted by molar-refractivity contribution is 7.92. The third-order valence-corrected chi connectivity index (χ3v) is 8.56. The lowest BCUT2D eigenvalue weighted by Gasteiger charge is -2.34. The van der Waals surface area contributed by atoms with Crippen LogP contribution in [-0.2, 0) is 26.2 Å². The third-order valence-electron chi connectivity index (χ3n) is 6.42. The molecule has 0 aliphatic heterocycles. The first-order valence-electron chi connectivity index (χ1n) is 12.8. The summed E-state index contributed by atoms with van der Waals surface area (Å²) in [6.45, 7) is 4.79. The fraction of sp³-hybridized carbons (Fsp3) is 0.310. The smallest absolute Gasteiger partial charge is 0.264 e. The van der Waals surface area contributed by atoms with Crippen molar-refractivity contribution in [1.82, 2.24) is 10.2 Å². The Morgan fingerprint density at radius 1 is 0.923 bits per heavy atom. The highest BCUT2D eigenvalue weighted by atomic mass is 35.5. The number of benzene rings is 3. The summed E-state index contributed by atoms with van der Waals surface area (Å²) in [6.07, 6.45) is 0.959. The number of sulfonamides is 1. The minimum absolute atomic E-state index is 0.0402. The average molecular weight is 574 g/mol. The van der Waals surface area contributed by atoms with E-state index in [0.717, 1.165) is 10.4 Å². The van der Waals surface area contributed by atoms with E-state index >= 15 is 0 Å². The lowest BCUT2D eigenvalue weighted by Crippen LogP contribution is -2.53. The molecule has 0 radical (unpaired) electrons. The van der Waals surface area contributed by atoms with Crippen molar-refractivity contribution in [2.75, 3.05) is 10.8 Å². The first-order valence-corrected chi connectivity index (χ1v) is 14.6. The summed E-state index contributed by atoms with van der Waals surface area (Å²) < 4.78 is 43.1. The van der Waals surface area contributed by atoms with Gasteiger partial charge in [0, 0.05) is 17.6 Å². The number of rotatable bonds is 12. The SMILES string of the molecule is CC[C@H](C)NC(=O)[C@H](CC)N(Cc1ccccc1Cl)C(=O)CN(c1ccccc1F)S(=O)(=O)c1ccccc1. The molecule has 10 heteroatoms. The van der Waals surface area contributed by atoms with Gasteiger partial charge in [-0.15, -0.1) is 0 Å². The number of nitrogens with one attached hydrogen (secondary N) is 1. The Bertz CT molecular complexity index is 1390. The molecular weight excluding hydrogens is 541 g/mol. The van der Waals surface area contributed by atoms with Crippen LogP contribution in [0.15, 0.2) is 83.8 Å². The Morgan fingerprint density at radius 3 is 2.15 bits per heavy atom. The maximum absolute atomic E-state index is 15.0. The Morgan fingerprint density at radius 2 is 1.54 bits per heavy atom. The zero-order valence-corrected chi connectivity index (χ0v) is 23.8. The average Bonchev–Trinajstić information content (AvgIpc) is 2.93. The predicted octanol–water partition coefficient (Wildman–Crippen LogP) is 5.40. The summed E-state index contributed by atoms with van der Waals surface area (Å²) in [6, 6.07) is 18.7. The number of hydrogen-bond acceptors (Lipinski definition) is 4. The van der Waals surface area contributed by atoms with Gasteiger partial charge in [0.05, 0.1) is 10.6 Å². The normalized spacial score (nSPS) is 12.8. The zero-order chi connectivity index (χ0) is 28.6. The van der Waals surface area contributed by atoms with Gasteiger partial charge in [-0.25, -0.2) is 12.8 Å². The molecule has 0 saturated carbocycles. The highest BCUT2D eigenvalue weighted by Crippen LogP contribution is 2.27. The Hall–Kier alpha value is -3.43. The summed E-state index contributed by atoms with van der Waals surface area (Å²) in [7, 11) is -4.34. The fourth-order valence-corrected chi connectivity index (χ4v) is 5.70. The lowest BCUT2D eigenvalue weighted by atomic mass is 10.1.